The Bertz CT molecular complexity index is 965. The highest BCUT2D eigenvalue weighted by Crippen LogP contribution is 2.32. The van der Waals surface area contributed by atoms with Crippen molar-refractivity contribution in [2.45, 2.75) is 25.8 Å². The molecule has 28 heavy (non-hydrogen) atoms. The lowest BCUT2D eigenvalue weighted by molar-refractivity contribution is -0.111. The maximum Gasteiger partial charge on any atom is 0.124 e. The summed E-state index contributed by atoms with van der Waals surface area (Å²) < 4.78 is 27.2. The Kier molecular flexibility index (Phi) is 5.91. The van der Waals surface area contributed by atoms with E-state index in [0.29, 0.717) is 18.4 Å². The number of aromatic amines is 1. The molecule has 0 radical (unpaired) electrons. The summed E-state index contributed by atoms with van der Waals surface area (Å²) in [4.78, 5) is 15.0. The van der Waals surface area contributed by atoms with E-state index in [1.807, 2.05) is 13.8 Å². The Morgan fingerprint density at radius 1 is 1.14 bits per heavy atom. The molecule has 3 N–H and O–H groups in total. The smallest absolute Gasteiger partial charge is 0.124 e. The van der Waals surface area contributed by atoms with Gasteiger partial charge >= 0.3 is 0 Å². The van der Waals surface area contributed by atoms with E-state index >= 15 is 0 Å². The predicted octanol–water partition coefficient (Wildman–Crippen LogP) is 3.83. The van der Waals surface area contributed by atoms with Crippen LogP contribution in [-0.4, -0.2) is 35.1 Å². The predicted molar refractivity (Wildman–Crippen MR) is 106 cm³/mol. The minimum Gasteiger partial charge on any atom is -0.394 e. The van der Waals surface area contributed by atoms with E-state index in [4.69, 9.17) is 0 Å². The summed E-state index contributed by atoms with van der Waals surface area (Å²) in [6, 6.07) is 10.5. The van der Waals surface area contributed by atoms with Crippen LogP contribution < -0.4 is 5.32 Å². The lowest BCUT2D eigenvalue weighted by atomic mass is 9.94. The first-order valence-electron chi connectivity index (χ1n) is 9.20. The summed E-state index contributed by atoms with van der Waals surface area (Å²) in [7, 11) is 0. The van der Waals surface area contributed by atoms with Crippen LogP contribution in [0.25, 0.3) is 22.2 Å². The van der Waals surface area contributed by atoms with Crippen molar-refractivity contribution in [3.8, 4) is 11.3 Å². The van der Waals surface area contributed by atoms with Gasteiger partial charge in [-0.05, 0) is 73.9 Å². The first kappa shape index (κ1) is 20.2. The Morgan fingerprint density at radius 3 is 2.46 bits per heavy atom. The number of aromatic nitrogens is 1. The van der Waals surface area contributed by atoms with E-state index in [9.17, 15) is 18.7 Å². The molecule has 0 spiro atoms. The largest absolute Gasteiger partial charge is 0.394 e. The minimum absolute atomic E-state index is 0.0578. The second-order valence-corrected chi connectivity index (χ2v) is 7.70. The molecule has 1 atom stereocenters. The van der Waals surface area contributed by atoms with Gasteiger partial charge in [-0.15, -0.1) is 0 Å². The molecule has 6 heteroatoms. The van der Waals surface area contributed by atoms with Crippen molar-refractivity contribution in [2.24, 2.45) is 5.92 Å². The van der Waals surface area contributed by atoms with Gasteiger partial charge in [-0.1, -0.05) is 0 Å². The van der Waals surface area contributed by atoms with Gasteiger partial charge in [0.15, 0.2) is 0 Å². The molecule has 0 bridgehead atoms. The highest BCUT2D eigenvalue weighted by molar-refractivity contribution is 5.91. The van der Waals surface area contributed by atoms with Gasteiger partial charge in [0.25, 0.3) is 0 Å². The van der Waals surface area contributed by atoms with Crippen LogP contribution in [0.3, 0.4) is 0 Å². The Hall–Kier alpha value is -2.57. The van der Waals surface area contributed by atoms with E-state index in [0.717, 1.165) is 28.6 Å². The van der Waals surface area contributed by atoms with Crippen molar-refractivity contribution in [3.05, 3.63) is 59.7 Å². The standard InChI is InChI=1S/C22H24F2N2O2/c1-22(2,13-28)25-11-14(12-27)9-19-18-10-17(24)7-8-20(18)26-21(19)15-3-5-16(23)6-4-15/h3-8,10,12,14,25-26,28H,9,11,13H2,1-2H3. The number of aldehydes is 1. The molecule has 0 aliphatic carbocycles. The van der Waals surface area contributed by atoms with Crippen molar-refractivity contribution < 1.29 is 18.7 Å². The zero-order chi connectivity index (χ0) is 20.3. The number of rotatable bonds is 8. The van der Waals surface area contributed by atoms with Crippen LogP contribution in [0.2, 0.25) is 0 Å². The molecule has 2 aromatic carbocycles. The van der Waals surface area contributed by atoms with E-state index in [2.05, 4.69) is 10.3 Å². The Balaban J connectivity index is 1.99. The molecule has 4 nitrogen and oxygen atoms in total. The number of aliphatic hydroxyl groups excluding tert-OH is 1. The van der Waals surface area contributed by atoms with Gasteiger partial charge in [-0.2, -0.15) is 0 Å². The van der Waals surface area contributed by atoms with Crippen LogP contribution in [0.15, 0.2) is 42.5 Å². The number of benzene rings is 2. The molecular weight excluding hydrogens is 362 g/mol. The number of H-pyrrole nitrogens is 1. The average molecular weight is 386 g/mol. The Labute approximate surface area is 162 Å². The third-order valence-corrected chi connectivity index (χ3v) is 4.90. The third-order valence-electron chi connectivity index (χ3n) is 4.90. The summed E-state index contributed by atoms with van der Waals surface area (Å²) in [6.07, 6.45) is 1.25. The van der Waals surface area contributed by atoms with E-state index < -0.39 is 5.54 Å². The van der Waals surface area contributed by atoms with Gasteiger partial charge in [0, 0.05) is 34.6 Å². The molecule has 0 aliphatic rings. The summed E-state index contributed by atoms with van der Waals surface area (Å²) in [5.41, 5.74) is 2.56. The molecule has 1 heterocycles. The number of hydrogen-bond acceptors (Lipinski definition) is 3. The van der Waals surface area contributed by atoms with Crippen LogP contribution >= 0.6 is 0 Å². The van der Waals surface area contributed by atoms with E-state index in [1.54, 1.807) is 18.2 Å². The second-order valence-electron chi connectivity index (χ2n) is 7.70. The number of aliphatic hydroxyl groups is 1. The van der Waals surface area contributed by atoms with Crippen LogP contribution in [0.4, 0.5) is 8.78 Å². The number of carbonyl (C=O) groups is 1. The fourth-order valence-corrected chi connectivity index (χ4v) is 3.19. The summed E-state index contributed by atoms with van der Waals surface area (Å²) in [6.45, 7) is 4.01. The average Bonchev–Trinajstić information content (AvgIpc) is 3.03. The van der Waals surface area contributed by atoms with Gasteiger partial charge in [0.1, 0.15) is 17.9 Å². The quantitative estimate of drug-likeness (QED) is 0.516. The fourth-order valence-electron chi connectivity index (χ4n) is 3.19. The lowest BCUT2D eigenvalue weighted by Gasteiger charge is -2.25. The zero-order valence-corrected chi connectivity index (χ0v) is 15.9. The van der Waals surface area contributed by atoms with Gasteiger partial charge in [-0.25, -0.2) is 8.78 Å². The number of carbonyl (C=O) groups excluding carboxylic acids is 1. The molecule has 0 aliphatic heterocycles. The maximum atomic E-state index is 13.9. The van der Waals surface area contributed by atoms with E-state index in [-0.39, 0.29) is 24.2 Å². The van der Waals surface area contributed by atoms with Crippen molar-refractivity contribution >= 4 is 17.2 Å². The van der Waals surface area contributed by atoms with Gasteiger partial charge in [0.2, 0.25) is 0 Å². The molecule has 1 aromatic heterocycles. The molecule has 0 saturated heterocycles. The van der Waals surface area contributed by atoms with Crippen LogP contribution in [0.5, 0.6) is 0 Å². The fraction of sp³-hybridized carbons (Fsp3) is 0.318. The molecular formula is C22H24F2N2O2. The molecule has 3 aromatic rings. The summed E-state index contributed by atoms with van der Waals surface area (Å²) >= 11 is 0. The Morgan fingerprint density at radius 2 is 1.82 bits per heavy atom. The minimum atomic E-state index is -0.507. The first-order valence-corrected chi connectivity index (χ1v) is 9.20. The molecule has 1 unspecified atom stereocenters. The number of nitrogens with one attached hydrogen (secondary N) is 2. The van der Waals surface area contributed by atoms with Gasteiger partial charge in [-0.3, -0.25) is 0 Å². The monoisotopic (exact) mass is 386 g/mol. The van der Waals surface area contributed by atoms with Crippen molar-refractivity contribution in [1.82, 2.24) is 10.3 Å². The molecule has 0 fully saturated rings. The normalized spacial score (nSPS) is 13.0. The topological polar surface area (TPSA) is 65.1 Å². The first-order chi connectivity index (χ1) is 13.3. The molecule has 0 saturated carbocycles. The van der Waals surface area contributed by atoms with E-state index in [1.165, 1.54) is 24.3 Å². The number of halogens is 2. The summed E-state index contributed by atoms with van der Waals surface area (Å²) in [5.74, 6) is -1.07. The van der Waals surface area contributed by atoms with Gasteiger partial charge in [0.05, 0.1) is 6.61 Å². The van der Waals surface area contributed by atoms with Crippen LogP contribution in [0.1, 0.15) is 19.4 Å². The highest BCUT2D eigenvalue weighted by Gasteiger charge is 2.21. The van der Waals surface area contributed by atoms with Crippen molar-refractivity contribution in [1.29, 1.82) is 0 Å². The highest BCUT2D eigenvalue weighted by atomic mass is 19.1. The molecule has 0 amide bonds. The van der Waals surface area contributed by atoms with Crippen molar-refractivity contribution in [3.63, 3.8) is 0 Å². The molecule has 3 rings (SSSR count). The van der Waals surface area contributed by atoms with Crippen LogP contribution in [0, 0.1) is 17.6 Å². The second kappa shape index (κ2) is 8.20. The van der Waals surface area contributed by atoms with Gasteiger partial charge < -0.3 is 20.2 Å². The van der Waals surface area contributed by atoms with Crippen LogP contribution in [-0.2, 0) is 11.2 Å². The number of hydrogen-bond donors (Lipinski definition) is 3. The zero-order valence-electron chi connectivity index (χ0n) is 15.9. The number of fused-ring (bicyclic) bond motifs is 1. The van der Waals surface area contributed by atoms with Crippen molar-refractivity contribution in [2.75, 3.05) is 13.2 Å². The SMILES string of the molecule is CC(C)(CO)NCC(C=O)Cc1c(-c2ccc(F)cc2)[nH]c2ccc(F)cc12. The maximum absolute atomic E-state index is 13.9. The third kappa shape index (κ3) is 4.46. The lowest BCUT2D eigenvalue weighted by Crippen LogP contribution is -2.45. The molecule has 148 valence electrons. The summed E-state index contributed by atoms with van der Waals surface area (Å²) in [5, 5.41) is 13.3.